The number of hydrogen-bond acceptors (Lipinski definition) is 4. The summed E-state index contributed by atoms with van der Waals surface area (Å²) in [7, 11) is 0. The van der Waals surface area contributed by atoms with Gasteiger partial charge in [-0.2, -0.15) is 0 Å². The van der Waals surface area contributed by atoms with Gasteiger partial charge in [-0.1, -0.05) is 0 Å². The first-order valence-electron chi connectivity index (χ1n) is 5.38. The average molecular weight is 203 g/mol. The molecule has 0 unspecified atom stereocenters. The lowest BCUT2D eigenvalue weighted by molar-refractivity contribution is -0.0614. The van der Waals surface area contributed by atoms with Gasteiger partial charge >= 0.3 is 0 Å². The largest absolute Gasteiger partial charge is 0.396 e. The number of unbranched alkanes of at least 4 members (excludes halogenated alkanes) is 1. The first-order chi connectivity index (χ1) is 6.77. The maximum absolute atomic E-state index is 10.0. The van der Waals surface area contributed by atoms with Crippen LogP contribution in [0.3, 0.4) is 0 Å². The lowest BCUT2D eigenvalue weighted by Crippen LogP contribution is -2.45. The van der Waals surface area contributed by atoms with Gasteiger partial charge in [0.1, 0.15) is 0 Å². The third-order valence-corrected chi connectivity index (χ3v) is 2.64. The topological polar surface area (TPSA) is 61.7 Å². The second-order valence-electron chi connectivity index (χ2n) is 3.94. The molecule has 0 saturated carbocycles. The summed E-state index contributed by atoms with van der Waals surface area (Å²) < 4.78 is 5.19. The van der Waals surface area contributed by atoms with Crippen LogP contribution in [-0.2, 0) is 4.74 Å². The van der Waals surface area contributed by atoms with Crippen molar-refractivity contribution in [3.8, 4) is 0 Å². The average Bonchev–Trinajstić information content (AvgIpc) is 2.18. The molecule has 1 aliphatic rings. The van der Waals surface area contributed by atoms with E-state index in [4.69, 9.17) is 9.84 Å². The Labute approximate surface area is 85.3 Å². The van der Waals surface area contributed by atoms with Gasteiger partial charge in [0.2, 0.25) is 0 Å². The fraction of sp³-hybridized carbons (Fsp3) is 1.00. The molecule has 4 nitrogen and oxygen atoms in total. The fourth-order valence-corrected chi connectivity index (χ4v) is 1.61. The number of ether oxygens (including phenoxy) is 1. The number of hydrogen-bond donors (Lipinski definition) is 3. The maximum atomic E-state index is 10.0. The monoisotopic (exact) mass is 203 g/mol. The van der Waals surface area contributed by atoms with Gasteiger partial charge in [-0.25, -0.2) is 0 Å². The first kappa shape index (κ1) is 11.9. The molecule has 0 atom stereocenters. The summed E-state index contributed by atoms with van der Waals surface area (Å²) in [6.07, 6.45) is 3.23. The molecule has 1 rings (SSSR count). The number of nitrogens with one attached hydrogen (secondary N) is 1. The maximum Gasteiger partial charge on any atom is 0.0815 e. The van der Waals surface area contributed by atoms with E-state index < -0.39 is 5.60 Å². The summed E-state index contributed by atoms with van der Waals surface area (Å²) in [6, 6.07) is 0. The van der Waals surface area contributed by atoms with Gasteiger partial charge in [0.25, 0.3) is 0 Å². The molecular weight excluding hydrogens is 182 g/mol. The van der Waals surface area contributed by atoms with Gasteiger partial charge in [0, 0.05) is 39.2 Å². The molecule has 84 valence electrons. The standard InChI is InChI=1S/C10H21NO3/c12-6-2-1-5-11-9-10(13)3-7-14-8-4-10/h11-13H,1-9H2. The van der Waals surface area contributed by atoms with Crippen molar-refractivity contribution in [2.75, 3.05) is 32.9 Å². The molecule has 14 heavy (non-hydrogen) atoms. The third kappa shape index (κ3) is 4.37. The van der Waals surface area contributed by atoms with Crippen molar-refractivity contribution in [1.29, 1.82) is 0 Å². The zero-order chi connectivity index (χ0) is 10.3. The Balaban J connectivity index is 2.03. The molecule has 4 heteroatoms. The Bertz CT molecular complexity index is 146. The molecule has 0 aromatic rings. The van der Waals surface area contributed by atoms with Crippen LogP contribution in [-0.4, -0.2) is 48.7 Å². The van der Waals surface area contributed by atoms with E-state index in [2.05, 4.69) is 5.32 Å². The molecule has 0 bridgehead atoms. The van der Waals surface area contributed by atoms with Crippen LogP contribution >= 0.6 is 0 Å². The van der Waals surface area contributed by atoms with Gasteiger partial charge in [0.05, 0.1) is 5.60 Å². The van der Waals surface area contributed by atoms with Crippen molar-refractivity contribution in [3.63, 3.8) is 0 Å². The van der Waals surface area contributed by atoms with E-state index in [9.17, 15) is 5.11 Å². The smallest absolute Gasteiger partial charge is 0.0815 e. The van der Waals surface area contributed by atoms with Gasteiger partial charge < -0.3 is 20.3 Å². The minimum atomic E-state index is -0.572. The van der Waals surface area contributed by atoms with Crippen LogP contribution in [0.25, 0.3) is 0 Å². The molecular formula is C10H21NO3. The van der Waals surface area contributed by atoms with Gasteiger partial charge in [-0.05, 0) is 19.4 Å². The fourth-order valence-electron chi connectivity index (χ4n) is 1.61. The van der Waals surface area contributed by atoms with Crippen molar-refractivity contribution < 1.29 is 14.9 Å². The van der Waals surface area contributed by atoms with Gasteiger partial charge in [0.15, 0.2) is 0 Å². The molecule has 0 spiro atoms. The number of rotatable bonds is 6. The molecule has 0 aliphatic carbocycles. The van der Waals surface area contributed by atoms with Crippen molar-refractivity contribution in [3.05, 3.63) is 0 Å². The van der Waals surface area contributed by atoms with Crippen LogP contribution in [0.1, 0.15) is 25.7 Å². The highest BCUT2D eigenvalue weighted by Gasteiger charge is 2.28. The van der Waals surface area contributed by atoms with E-state index in [1.165, 1.54) is 0 Å². The minimum absolute atomic E-state index is 0.250. The van der Waals surface area contributed by atoms with E-state index in [0.717, 1.165) is 32.2 Å². The second kappa shape index (κ2) is 6.35. The Morgan fingerprint density at radius 1 is 1.21 bits per heavy atom. The van der Waals surface area contributed by atoms with Crippen molar-refractivity contribution in [2.45, 2.75) is 31.3 Å². The highest BCUT2D eigenvalue weighted by Crippen LogP contribution is 2.18. The highest BCUT2D eigenvalue weighted by atomic mass is 16.5. The Kier molecular flexibility index (Phi) is 5.40. The highest BCUT2D eigenvalue weighted by molar-refractivity contribution is 4.83. The lowest BCUT2D eigenvalue weighted by atomic mass is 9.94. The van der Waals surface area contributed by atoms with Crippen LogP contribution < -0.4 is 5.32 Å². The summed E-state index contributed by atoms with van der Waals surface area (Å²) in [6.45, 7) is 3.08. The SMILES string of the molecule is OCCCCNCC1(O)CCOCC1. The predicted octanol–water partition coefficient (Wildman–Crippen LogP) is -0.110. The molecule has 3 N–H and O–H groups in total. The molecule has 0 amide bonds. The lowest BCUT2D eigenvalue weighted by Gasteiger charge is -2.32. The van der Waals surface area contributed by atoms with Gasteiger partial charge in [-0.3, -0.25) is 0 Å². The van der Waals surface area contributed by atoms with E-state index in [1.807, 2.05) is 0 Å². The number of aliphatic hydroxyl groups excluding tert-OH is 1. The summed E-state index contributed by atoms with van der Waals surface area (Å²) >= 11 is 0. The van der Waals surface area contributed by atoms with E-state index in [1.54, 1.807) is 0 Å². The molecule has 1 saturated heterocycles. The van der Waals surface area contributed by atoms with E-state index >= 15 is 0 Å². The normalized spacial score (nSPS) is 21.0. The van der Waals surface area contributed by atoms with Crippen LogP contribution in [0.5, 0.6) is 0 Å². The summed E-state index contributed by atoms with van der Waals surface area (Å²) in [5, 5.41) is 21.8. The predicted molar refractivity (Wildman–Crippen MR) is 54.2 cm³/mol. The van der Waals surface area contributed by atoms with Gasteiger partial charge in [-0.15, -0.1) is 0 Å². The Hall–Kier alpha value is -0.160. The van der Waals surface area contributed by atoms with E-state index in [0.29, 0.717) is 19.8 Å². The summed E-state index contributed by atoms with van der Waals surface area (Å²) in [5.41, 5.74) is -0.572. The Morgan fingerprint density at radius 3 is 2.57 bits per heavy atom. The van der Waals surface area contributed by atoms with Crippen LogP contribution in [0.15, 0.2) is 0 Å². The van der Waals surface area contributed by atoms with Crippen molar-refractivity contribution in [1.82, 2.24) is 5.32 Å². The first-order valence-corrected chi connectivity index (χ1v) is 5.38. The van der Waals surface area contributed by atoms with Crippen LogP contribution in [0.4, 0.5) is 0 Å². The summed E-state index contributed by atoms with van der Waals surface area (Å²) in [4.78, 5) is 0. The molecule has 0 aromatic heterocycles. The molecule has 0 radical (unpaired) electrons. The molecule has 1 heterocycles. The van der Waals surface area contributed by atoms with Crippen LogP contribution in [0.2, 0.25) is 0 Å². The molecule has 0 aromatic carbocycles. The summed E-state index contributed by atoms with van der Waals surface area (Å²) in [5.74, 6) is 0. The van der Waals surface area contributed by atoms with E-state index in [-0.39, 0.29) is 6.61 Å². The quantitative estimate of drug-likeness (QED) is 0.527. The number of aliphatic hydroxyl groups is 2. The Morgan fingerprint density at radius 2 is 1.93 bits per heavy atom. The zero-order valence-electron chi connectivity index (χ0n) is 8.67. The van der Waals surface area contributed by atoms with Crippen molar-refractivity contribution in [2.24, 2.45) is 0 Å². The van der Waals surface area contributed by atoms with Crippen LogP contribution in [0, 0.1) is 0 Å². The van der Waals surface area contributed by atoms with Crippen molar-refractivity contribution >= 4 is 0 Å². The minimum Gasteiger partial charge on any atom is -0.396 e. The zero-order valence-corrected chi connectivity index (χ0v) is 8.67. The second-order valence-corrected chi connectivity index (χ2v) is 3.94. The third-order valence-electron chi connectivity index (χ3n) is 2.64. The molecule has 1 fully saturated rings. The molecule has 1 aliphatic heterocycles.